The number of aromatic nitrogens is 2. The van der Waals surface area contributed by atoms with Gasteiger partial charge in [0.15, 0.2) is 0 Å². The molecule has 0 atom stereocenters. The van der Waals surface area contributed by atoms with E-state index < -0.39 is 0 Å². The molecule has 0 aliphatic rings. The third-order valence-corrected chi connectivity index (χ3v) is 4.82. The average molecular weight is 392 g/mol. The van der Waals surface area contributed by atoms with E-state index in [1.807, 2.05) is 31.1 Å². The van der Waals surface area contributed by atoms with Crippen LogP contribution in [0.4, 0.5) is 5.69 Å². The van der Waals surface area contributed by atoms with Gasteiger partial charge in [-0.25, -0.2) is 4.68 Å². The van der Waals surface area contributed by atoms with Gasteiger partial charge in [0, 0.05) is 18.0 Å². The van der Waals surface area contributed by atoms with Crippen LogP contribution in [0.15, 0.2) is 27.6 Å². The first-order valence-electron chi connectivity index (χ1n) is 6.36. The van der Waals surface area contributed by atoms with Crippen molar-refractivity contribution in [2.24, 2.45) is 0 Å². The van der Waals surface area contributed by atoms with E-state index in [9.17, 15) is 4.79 Å². The molecule has 5 nitrogen and oxygen atoms in total. The highest BCUT2D eigenvalue weighted by Crippen LogP contribution is 2.23. The minimum absolute atomic E-state index is 0.133. The highest BCUT2D eigenvalue weighted by molar-refractivity contribution is 9.10. The van der Waals surface area contributed by atoms with Crippen molar-refractivity contribution < 1.29 is 0 Å². The van der Waals surface area contributed by atoms with Crippen LogP contribution in [0.5, 0.6) is 0 Å². The molecule has 0 amide bonds. The zero-order valence-electron chi connectivity index (χ0n) is 11.8. The van der Waals surface area contributed by atoms with E-state index in [2.05, 4.69) is 26.3 Å². The molecule has 2 rings (SSSR count). The fourth-order valence-corrected chi connectivity index (χ4v) is 3.15. The Bertz CT molecular complexity index is 670. The summed E-state index contributed by atoms with van der Waals surface area (Å²) in [6, 6.07) is 3.81. The third kappa shape index (κ3) is 4.54. The Balaban J connectivity index is 2.07. The van der Waals surface area contributed by atoms with Crippen LogP contribution in [-0.4, -0.2) is 35.3 Å². The van der Waals surface area contributed by atoms with E-state index >= 15 is 0 Å². The summed E-state index contributed by atoms with van der Waals surface area (Å²) >= 11 is 10.7. The Morgan fingerprint density at radius 3 is 2.86 bits per heavy atom. The molecule has 0 unspecified atom stereocenters. The smallest absolute Gasteiger partial charge is 0.283 e. The molecule has 0 aliphatic carbocycles. The lowest BCUT2D eigenvalue weighted by Crippen LogP contribution is -2.29. The molecule has 114 valence electrons. The molecule has 0 spiro atoms. The van der Waals surface area contributed by atoms with Crippen LogP contribution in [0.25, 0.3) is 0 Å². The monoisotopic (exact) mass is 390 g/mol. The maximum absolute atomic E-state index is 12.2. The van der Waals surface area contributed by atoms with Crippen molar-refractivity contribution in [1.29, 1.82) is 0 Å². The van der Waals surface area contributed by atoms with Crippen LogP contribution in [-0.2, 0) is 13.1 Å². The first-order valence-corrected chi connectivity index (χ1v) is 8.34. The summed E-state index contributed by atoms with van der Waals surface area (Å²) in [6.45, 7) is 1.93. The summed E-state index contributed by atoms with van der Waals surface area (Å²) in [5.41, 5.74) is 0.552. The molecule has 0 saturated carbocycles. The maximum Gasteiger partial charge on any atom is 0.283 e. The van der Waals surface area contributed by atoms with Gasteiger partial charge in [-0.05, 0) is 42.2 Å². The van der Waals surface area contributed by atoms with Gasteiger partial charge in [-0.1, -0.05) is 11.6 Å². The Hall–Kier alpha value is -0.890. The second-order valence-corrected chi connectivity index (χ2v) is 7.36. The predicted octanol–water partition coefficient (Wildman–Crippen LogP) is 2.89. The van der Waals surface area contributed by atoms with E-state index in [4.69, 9.17) is 11.6 Å². The van der Waals surface area contributed by atoms with E-state index in [1.54, 1.807) is 6.20 Å². The third-order valence-electron chi connectivity index (χ3n) is 2.83. The summed E-state index contributed by atoms with van der Waals surface area (Å²) < 4.78 is 2.71. The summed E-state index contributed by atoms with van der Waals surface area (Å²) in [5, 5.41) is 7.38. The van der Waals surface area contributed by atoms with Crippen molar-refractivity contribution in [3.8, 4) is 0 Å². The molecule has 8 heteroatoms. The van der Waals surface area contributed by atoms with Gasteiger partial charge in [-0.15, -0.1) is 11.3 Å². The lowest BCUT2D eigenvalue weighted by molar-refractivity contribution is 0.367. The minimum atomic E-state index is -0.133. The fraction of sp³-hybridized carbons (Fsp3) is 0.385. The van der Waals surface area contributed by atoms with Gasteiger partial charge < -0.3 is 10.2 Å². The highest BCUT2D eigenvalue weighted by Gasteiger charge is 2.09. The standard InChI is InChI=1S/C13H16BrClN4OS/c1-18(2)5-6-19-13(20)12(14)10(8-17-19)16-7-9-3-4-11(15)21-9/h3-4,8,16H,5-7H2,1-2H3. The van der Waals surface area contributed by atoms with Crippen molar-refractivity contribution in [3.63, 3.8) is 0 Å². The molecule has 0 saturated heterocycles. The first-order chi connectivity index (χ1) is 9.97. The number of hydrogen-bond donors (Lipinski definition) is 1. The van der Waals surface area contributed by atoms with Crippen molar-refractivity contribution in [3.05, 3.63) is 42.4 Å². The first kappa shape index (κ1) is 16.5. The minimum Gasteiger partial charge on any atom is -0.378 e. The fourth-order valence-electron chi connectivity index (χ4n) is 1.67. The van der Waals surface area contributed by atoms with E-state index in [1.165, 1.54) is 16.0 Å². The summed E-state index contributed by atoms with van der Waals surface area (Å²) in [6.07, 6.45) is 1.66. The van der Waals surface area contributed by atoms with E-state index in [0.29, 0.717) is 23.2 Å². The van der Waals surface area contributed by atoms with Crippen LogP contribution >= 0.6 is 38.9 Å². The second-order valence-electron chi connectivity index (χ2n) is 4.76. The van der Waals surface area contributed by atoms with Crippen molar-refractivity contribution >= 4 is 44.6 Å². The molecule has 0 aliphatic heterocycles. The summed E-state index contributed by atoms with van der Waals surface area (Å²) in [7, 11) is 3.92. The number of nitrogens with one attached hydrogen (secondary N) is 1. The second kappa shape index (κ2) is 7.40. The molecule has 0 radical (unpaired) electrons. The molecule has 21 heavy (non-hydrogen) atoms. The van der Waals surface area contributed by atoms with E-state index in [0.717, 1.165) is 15.8 Å². The normalized spacial score (nSPS) is 11.1. The number of rotatable bonds is 6. The number of likely N-dealkylation sites (N-methyl/N-ethyl adjacent to an activating group) is 1. The van der Waals surface area contributed by atoms with Crippen LogP contribution < -0.4 is 10.9 Å². The van der Waals surface area contributed by atoms with Gasteiger partial charge in [0.05, 0.1) is 22.8 Å². The number of nitrogens with zero attached hydrogens (tertiary/aromatic N) is 3. The number of anilines is 1. The van der Waals surface area contributed by atoms with Crippen molar-refractivity contribution in [2.75, 3.05) is 26.0 Å². The zero-order valence-corrected chi connectivity index (χ0v) is 14.9. The molecule has 2 heterocycles. The van der Waals surface area contributed by atoms with Crippen LogP contribution in [0.1, 0.15) is 4.88 Å². The van der Waals surface area contributed by atoms with Gasteiger partial charge in [0.25, 0.3) is 5.56 Å². The quantitative estimate of drug-likeness (QED) is 0.822. The molecule has 2 aromatic rings. The number of halogens is 2. The Labute approximate surface area is 140 Å². The van der Waals surface area contributed by atoms with Crippen molar-refractivity contribution in [2.45, 2.75) is 13.1 Å². The van der Waals surface area contributed by atoms with Gasteiger partial charge in [-0.2, -0.15) is 5.10 Å². The largest absolute Gasteiger partial charge is 0.378 e. The highest BCUT2D eigenvalue weighted by atomic mass is 79.9. The zero-order chi connectivity index (χ0) is 15.4. The van der Waals surface area contributed by atoms with Gasteiger partial charge in [-0.3, -0.25) is 4.79 Å². The SMILES string of the molecule is CN(C)CCn1ncc(NCc2ccc(Cl)s2)c(Br)c1=O. The molecule has 0 aromatic carbocycles. The van der Waals surface area contributed by atoms with Crippen molar-refractivity contribution in [1.82, 2.24) is 14.7 Å². The lowest BCUT2D eigenvalue weighted by Gasteiger charge is -2.12. The molecule has 2 aromatic heterocycles. The summed E-state index contributed by atoms with van der Waals surface area (Å²) in [4.78, 5) is 15.3. The average Bonchev–Trinajstić information content (AvgIpc) is 2.85. The van der Waals surface area contributed by atoms with Crippen LogP contribution in [0.2, 0.25) is 4.34 Å². The number of hydrogen-bond acceptors (Lipinski definition) is 5. The molecular weight excluding hydrogens is 376 g/mol. The Morgan fingerprint density at radius 2 is 2.24 bits per heavy atom. The maximum atomic E-state index is 12.2. The van der Waals surface area contributed by atoms with Gasteiger partial charge >= 0.3 is 0 Å². The molecular formula is C13H16BrClN4OS. The topological polar surface area (TPSA) is 50.2 Å². The molecule has 0 bridgehead atoms. The summed E-state index contributed by atoms with van der Waals surface area (Å²) in [5.74, 6) is 0. The molecule has 1 N–H and O–H groups in total. The van der Waals surface area contributed by atoms with Crippen LogP contribution in [0.3, 0.4) is 0 Å². The van der Waals surface area contributed by atoms with Gasteiger partial charge in [0.1, 0.15) is 4.47 Å². The Kier molecular flexibility index (Phi) is 5.80. The predicted molar refractivity (Wildman–Crippen MR) is 91.4 cm³/mol. The Morgan fingerprint density at radius 1 is 1.48 bits per heavy atom. The number of thiophene rings is 1. The van der Waals surface area contributed by atoms with E-state index in [-0.39, 0.29) is 5.56 Å². The van der Waals surface area contributed by atoms with Crippen LogP contribution in [0, 0.1) is 0 Å². The lowest BCUT2D eigenvalue weighted by atomic mass is 10.4. The molecule has 0 fully saturated rings. The van der Waals surface area contributed by atoms with Gasteiger partial charge in [0.2, 0.25) is 0 Å².